The van der Waals surface area contributed by atoms with Gasteiger partial charge in [0.25, 0.3) is 0 Å². The van der Waals surface area contributed by atoms with Crippen LogP contribution >= 0.6 is 43.2 Å². The molecule has 1 nitrogen and oxygen atoms in total. The van der Waals surface area contributed by atoms with Crippen molar-refractivity contribution in [1.82, 2.24) is 0 Å². The smallest absolute Gasteiger partial charge is 0.137 e. The summed E-state index contributed by atoms with van der Waals surface area (Å²) >= 11 is 7.41. The topological polar surface area (TPSA) is 20.2 Å². The lowest BCUT2D eigenvalue weighted by Gasteiger charge is -2.11. The molecule has 90 valence electrons. The van der Waals surface area contributed by atoms with Crippen LogP contribution in [0.1, 0.15) is 16.5 Å². The van der Waals surface area contributed by atoms with Crippen LogP contribution in [0.3, 0.4) is 0 Å². The van der Waals surface area contributed by atoms with E-state index in [1.165, 1.54) is 11.3 Å². The van der Waals surface area contributed by atoms with Crippen LogP contribution in [0.25, 0.3) is 0 Å². The summed E-state index contributed by atoms with van der Waals surface area (Å²) < 4.78 is 27.7. The number of benzene rings is 1. The van der Waals surface area contributed by atoms with Gasteiger partial charge < -0.3 is 5.11 Å². The molecule has 0 bridgehead atoms. The fourth-order valence-corrected chi connectivity index (χ4v) is 3.30. The van der Waals surface area contributed by atoms with Gasteiger partial charge in [0.2, 0.25) is 0 Å². The lowest BCUT2D eigenvalue weighted by molar-refractivity contribution is 0.217. The van der Waals surface area contributed by atoms with Gasteiger partial charge in [-0.3, -0.25) is 0 Å². The zero-order valence-electron chi connectivity index (χ0n) is 8.25. The minimum Gasteiger partial charge on any atom is -0.383 e. The quantitative estimate of drug-likeness (QED) is 0.749. The van der Waals surface area contributed by atoms with Crippen LogP contribution in [0.4, 0.5) is 8.78 Å². The molecule has 0 saturated heterocycles. The first-order chi connectivity index (χ1) is 8.00. The van der Waals surface area contributed by atoms with Gasteiger partial charge in [-0.1, -0.05) is 0 Å². The fraction of sp³-hybridized carbons (Fsp3) is 0.0909. The van der Waals surface area contributed by atoms with Crippen molar-refractivity contribution in [3.63, 3.8) is 0 Å². The highest BCUT2D eigenvalue weighted by Crippen LogP contribution is 2.35. The highest BCUT2D eigenvalue weighted by molar-refractivity contribution is 9.10. The molecule has 0 saturated carbocycles. The summed E-state index contributed by atoms with van der Waals surface area (Å²) in [6.07, 6.45) is -1.17. The Labute approximate surface area is 117 Å². The van der Waals surface area contributed by atoms with Gasteiger partial charge in [0.05, 0.1) is 9.35 Å². The van der Waals surface area contributed by atoms with Gasteiger partial charge >= 0.3 is 0 Å². The molecule has 17 heavy (non-hydrogen) atoms. The summed E-state index contributed by atoms with van der Waals surface area (Å²) in [6.45, 7) is 0. The molecule has 2 rings (SSSR count). The van der Waals surface area contributed by atoms with E-state index in [1.54, 1.807) is 11.4 Å². The molecule has 1 atom stereocenters. The largest absolute Gasteiger partial charge is 0.383 e. The van der Waals surface area contributed by atoms with Crippen LogP contribution in [-0.4, -0.2) is 5.11 Å². The Bertz CT molecular complexity index is 556. The number of hydrogen-bond donors (Lipinski definition) is 1. The standard InChI is InChI=1S/C11H6Br2F2OS/c12-6-1-2-17-11(6)10(16)5-3-9(15)7(13)4-8(5)14/h1-4,10,16H. The number of halogens is 4. The number of thiophene rings is 1. The van der Waals surface area contributed by atoms with Crippen molar-refractivity contribution in [2.75, 3.05) is 0 Å². The van der Waals surface area contributed by atoms with E-state index in [4.69, 9.17) is 0 Å². The predicted octanol–water partition coefficient (Wildman–Crippen LogP) is 4.63. The molecule has 6 heteroatoms. The zero-order valence-corrected chi connectivity index (χ0v) is 12.2. The summed E-state index contributed by atoms with van der Waals surface area (Å²) in [6, 6.07) is 3.75. The van der Waals surface area contributed by atoms with Crippen molar-refractivity contribution in [2.45, 2.75) is 6.10 Å². The van der Waals surface area contributed by atoms with Crippen LogP contribution in [0.15, 0.2) is 32.5 Å². The molecule has 2 aromatic rings. The number of aliphatic hydroxyl groups is 1. The minimum absolute atomic E-state index is 0.0381. The monoisotopic (exact) mass is 382 g/mol. The first kappa shape index (κ1) is 13.1. The van der Waals surface area contributed by atoms with Gasteiger partial charge in [0, 0.05) is 10.0 Å². The van der Waals surface area contributed by atoms with Crippen molar-refractivity contribution in [2.24, 2.45) is 0 Å². The molecule has 1 aromatic heterocycles. The van der Waals surface area contributed by atoms with E-state index in [0.29, 0.717) is 9.35 Å². The molecule has 0 radical (unpaired) electrons. The Balaban J connectivity index is 2.48. The third-order valence-electron chi connectivity index (χ3n) is 2.23. The highest BCUT2D eigenvalue weighted by atomic mass is 79.9. The molecule has 1 N–H and O–H groups in total. The second-order valence-corrected chi connectivity index (χ2v) is 5.98. The average Bonchev–Trinajstić information content (AvgIpc) is 2.69. The summed E-state index contributed by atoms with van der Waals surface area (Å²) in [5.74, 6) is -1.25. The van der Waals surface area contributed by atoms with Crippen molar-refractivity contribution >= 4 is 43.2 Å². The molecule has 0 aliphatic heterocycles. The fourth-order valence-electron chi connectivity index (χ4n) is 1.39. The summed E-state index contributed by atoms with van der Waals surface area (Å²) in [7, 11) is 0. The maximum absolute atomic E-state index is 13.6. The average molecular weight is 384 g/mol. The maximum Gasteiger partial charge on any atom is 0.137 e. The first-order valence-corrected chi connectivity index (χ1v) is 7.02. The number of rotatable bonds is 2. The van der Waals surface area contributed by atoms with Crippen molar-refractivity contribution in [1.29, 1.82) is 0 Å². The van der Waals surface area contributed by atoms with Gasteiger partial charge in [-0.2, -0.15) is 0 Å². The number of aliphatic hydroxyl groups excluding tert-OH is 1. The lowest BCUT2D eigenvalue weighted by atomic mass is 10.1. The Morgan fingerprint density at radius 2 is 1.82 bits per heavy atom. The van der Waals surface area contributed by atoms with Crippen molar-refractivity contribution in [3.05, 3.63) is 54.6 Å². The summed E-state index contributed by atoms with van der Waals surface area (Å²) in [4.78, 5) is 0.547. The van der Waals surface area contributed by atoms with Crippen molar-refractivity contribution in [3.8, 4) is 0 Å². The van der Waals surface area contributed by atoms with E-state index in [0.717, 1.165) is 12.1 Å². The summed E-state index contributed by atoms with van der Waals surface area (Å²) in [5, 5.41) is 11.8. The van der Waals surface area contributed by atoms with Crippen LogP contribution in [0.5, 0.6) is 0 Å². The van der Waals surface area contributed by atoms with E-state index < -0.39 is 17.7 Å². The van der Waals surface area contributed by atoms with Crippen LogP contribution in [0.2, 0.25) is 0 Å². The molecule has 1 unspecified atom stereocenters. The van der Waals surface area contributed by atoms with E-state index >= 15 is 0 Å². The third kappa shape index (κ3) is 2.59. The molecule has 0 fully saturated rings. The van der Waals surface area contributed by atoms with E-state index in [1.807, 2.05) is 0 Å². The molecule has 0 aliphatic carbocycles. The van der Waals surface area contributed by atoms with E-state index in [2.05, 4.69) is 31.9 Å². The Morgan fingerprint density at radius 1 is 1.12 bits per heavy atom. The maximum atomic E-state index is 13.6. The second-order valence-electron chi connectivity index (χ2n) is 3.32. The molecular weight excluding hydrogens is 378 g/mol. The van der Waals surface area contributed by atoms with Gasteiger partial charge in [0.15, 0.2) is 0 Å². The first-order valence-electron chi connectivity index (χ1n) is 4.56. The Hall–Kier alpha value is -0.300. The SMILES string of the molecule is OC(c1cc(F)c(Br)cc1F)c1sccc1Br. The molecular formula is C11H6Br2F2OS. The van der Waals surface area contributed by atoms with E-state index in [-0.39, 0.29) is 10.0 Å². The lowest BCUT2D eigenvalue weighted by Crippen LogP contribution is -2.02. The van der Waals surface area contributed by atoms with Gasteiger partial charge in [-0.05, 0) is 55.4 Å². The summed E-state index contributed by atoms with van der Waals surface area (Å²) in [5.41, 5.74) is -0.0751. The zero-order chi connectivity index (χ0) is 12.6. The Kier molecular flexibility index (Phi) is 3.97. The van der Waals surface area contributed by atoms with Crippen LogP contribution < -0.4 is 0 Å². The van der Waals surface area contributed by atoms with Crippen LogP contribution in [0, 0.1) is 11.6 Å². The molecule has 0 aliphatic rings. The Morgan fingerprint density at radius 3 is 2.41 bits per heavy atom. The normalized spacial score (nSPS) is 12.8. The second kappa shape index (κ2) is 5.14. The molecule has 0 amide bonds. The van der Waals surface area contributed by atoms with Gasteiger partial charge in [0.1, 0.15) is 17.7 Å². The molecule has 0 spiro atoms. The molecule has 1 heterocycles. The third-order valence-corrected chi connectivity index (χ3v) is 4.76. The predicted molar refractivity (Wildman–Crippen MR) is 70.1 cm³/mol. The number of hydrogen-bond acceptors (Lipinski definition) is 2. The van der Waals surface area contributed by atoms with E-state index in [9.17, 15) is 13.9 Å². The molecule has 1 aromatic carbocycles. The van der Waals surface area contributed by atoms with Gasteiger partial charge in [-0.25, -0.2) is 8.78 Å². The van der Waals surface area contributed by atoms with Gasteiger partial charge in [-0.15, -0.1) is 11.3 Å². The van der Waals surface area contributed by atoms with Crippen molar-refractivity contribution < 1.29 is 13.9 Å². The minimum atomic E-state index is -1.17. The highest BCUT2D eigenvalue weighted by Gasteiger charge is 2.20. The van der Waals surface area contributed by atoms with Crippen LogP contribution in [-0.2, 0) is 0 Å².